The second kappa shape index (κ2) is 6.80. The molecule has 124 valence electrons. The fourth-order valence-corrected chi connectivity index (χ4v) is 1.95. The number of aryl methyl sites for hydroxylation is 1. The van der Waals surface area contributed by atoms with E-state index in [1.165, 1.54) is 6.07 Å². The molecule has 1 amide bonds. The van der Waals surface area contributed by atoms with E-state index in [1.807, 2.05) is 6.92 Å². The largest absolute Gasteiger partial charge is 0.471 e. The van der Waals surface area contributed by atoms with Crippen LogP contribution in [0.4, 0.5) is 18.9 Å². The Hall–Kier alpha value is -2.38. The summed E-state index contributed by atoms with van der Waals surface area (Å²) in [5.41, 5.74) is 1.69. The number of carbonyl (C=O) groups excluding carboxylic acids is 1. The van der Waals surface area contributed by atoms with Gasteiger partial charge in [0.25, 0.3) is 0 Å². The summed E-state index contributed by atoms with van der Waals surface area (Å²) >= 11 is 0. The van der Waals surface area contributed by atoms with Crippen LogP contribution in [0.5, 0.6) is 0 Å². The lowest BCUT2D eigenvalue weighted by Gasteiger charge is -2.09. The molecule has 1 N–H and O–H groups in total. The normalized spacial score (nSPS) is 11.5. The van der Waals surface area contributed by atoms with Crippen LogP contribution in [0.2, 0.25) is 0 Å². The van der Waals surface area contributed by atoms with E-state index < -0.39 is 12.1 Å². The number of amides is 1. The molecule has 0 saturated carbocycles. The molecule has 0 radical (unpaired) electrons. The third-order valence-corrected chi connectivity index (χ3v) is 3.18. The number of carbonyl (C=O) groups is 1. The molecule has 0 aliphatic heterocycles. The number of hydrogen-bond donors (Lipinski definition) is 1. The number of aromatic nitrogens is 2. The first-order chi connectivity index (χ1) is 10.8. The van der Waals surface area contributed by atoms with Crippen molar-refractivity contribution in [3.8, 4) is 11.4 Å². The number of anilines is 1. The second-order valence-corrected chi connectivity index (χ2v) is 5.10. The molecule has 1 aromatic heterocycles. The SMILES string of the molecule is CCCCC(=O)Nc1ccc(-c2noc(C(F)(F)F)n2)cc1C. The molecule has 5 nitrogen and oxygen atoms in total. The first-order valence-electron chi connectivity index (χ1n) is 7.13. The van der Waals surface area contributed by atoms with E-state index in [4.69, 9.17) is 0 Å². The summed E-state index contributed by atoms with van der Waals surface area (Å²) in [4.78, 5) is 15.1. The van der Waals surface area contributed by atoms with Crippen LogP contribution in [0.3, 0.4) is 0 Å². The third kappa shape index (κ3) is 4.30. The first kappa shape index (κ1) is 17.0. The molecule has 0 unspecified atom stereocenters. The van der Waals surface area contributed by atoms with E-state index in [0.717, 1.165) is 12.8 Å². The van der Waals surface area contributed by atoms with Crippen molar-refractivity contribution in [1.29, 1.82) is 0 Å². The average Bonchev–Trinajstić information content (AvgIpc) is 2.97. The Bertz CT molecular complexity index is 696. The van der Waals surface area contributed by atoms with Crippen LogP contribution >= 0.6 is 0 Å². The molecule has 1 heterocycles. The Morgan fingerprint density at radius 3 is 2.65 bits per heavy atom. The van der Waals surface area contributed by atoms with Crippen molar-refractivity contribution in [2.24, 2.45) is 0 Å². The monoisotopic (exact) mass is 327 g/mol. The highest BCUT2D eigenvalue weighted by molar-refractivity contribution is 5.91. The Balaban J connectivity index is 2.16. The van der Waals surface area contributed by atoms with Gasteiger partial charge >= 0.3 is 12.1 Å². The highest BCUT2D eigenvalue weighted by Gasteiger charge is 2.38. The van der Waals surface area contributed by atoms with Crippen molar-refractivity contribution in [1.82, 2.24) is 10.1 Å². The van der Waals surface area contributed by atoms with Crippen LogP contribution < -0.4 is 5.32 Å². The van der Waals surface area contributed by atoms with Crippen molar-refractivity contribution < 1.29 is 22.5 Å². The van der Waals surface area contributed by atoms with Gasteiger partial charge in [0.2, 0.25) is 11.7 Å². The third-order valence-electron chi connectivity index (χ3n) is 3.18. The molecule has 2 aromatic rings. The first-order valence-corrected chi connectivity index (χ1v) is 7.13. The van der Waals surface area contributed by atoms with Gasteiger partial charge in [-0.25, -0.2) is 0 Å². The number of alkyl halides is 3. The quantitative estimate of drug-likeness (QED) is 0.894. The van der Waals surface area contributed by atoms with Crippen molar-refractivity contribution in [3.05, 3.63) is 29.7 Å². The van der Waals surface area contributed by atoms with Crippen LogP contribution in [0, 0.1) is 6.92 Å². The molecule has 0 spiro atoms. The number of hydrogen-bond acceptors (Lipinski definition) is 4. The molecule has 0 aliphatic carbocycles. The molecule has 0 aliphatic rings. The number of nitrogens with one attached hydrogen (secondary N) is 1. The smallest absolute Gasteiger partial charge is 0.329 e. The zero-order valence-corrected chi connectivity index (χ0v) is 12.7. The van der Waals surface area contributed by atoms with Gasteiger partial charge in [0, 0.05) is 17.7 Å². The Morgan fingerprint density at radius 1 is 1.35 bits per heavy atom. The van der Waals surface area contributed by atoms with E-state index in [0.29, 0.717) is 23.2 Å². The van der Waals surface area contributed by atoms with Gasteiger partial charge in [-0.3, -0.25) is 4.79 Å². The number of halogens is 3. The summed E-state index contributed by atoms with van der Waals surface area (Å²) in [7, 11) is 0. The number of rotatable bonds is 5. The Morgan fingerprint density at radius 2 is 2.09 bits per heavy atom. The van der Waals surface area contributed by atoms with Crippen molar-refractivity contribution in [2.45, 2.75) is 39.3 Å². The molecule has 1 aromatic carbocycles. The summed E-state index contributed by atoms with van der Waals surface area (Å²) in [6.07, 6.45) is -2.53. The van der Waals surface area contributed by atoms with Gasteiger partial charge in [0.1, 0.15) is 0 Å². The standard InChI is InChI=1S/C15H16F3N3O2/c1-3-4-5-12(22)19-11-7-6-10(8-9(11)2)13-20-14(23-21-13)15(16,17)18/h6-8H,3-5H2,1-2H3,(H,19,22). The maximum absolute atomic E-state index is 12.5. The molecule has 8 heteroatoms. The van der Waals surface area contributed by atoms with E-state index in [2.05, 4.69) is 20.0 Å². The molecule has 0 fully saturated rings. The molecule has 0 saturated heterocycles. The molecular formula is C15H16F3N3O2. The van der Waals surface area contributed by atoms with Crippen LogP contribution in [-0.2, 0) is 11.0 Å². The van der Waals surface area contributed by atoms with Gasteiger partial charge < -0.3 is 9.84 Å². The zero-order valence-electron chi connectivity index (χ0n) is 12.7. The minimum Gasteiger partial charge on any atom is -0.329 e. The Kier molecular flexibility index (Phi) is 5.02. The molecule has 2 rings (SSSR count). The predicted molar refractivity (Wildman–Crippen MR) is 77.6 cm³/mol. The lowest BCUT2D eigenvalue weighted by molar-refractivity contribution is -0.159. The van der Waals surface area contributed by atoms with Gasteiger partial charge in [-0.1, -0.05) is 18.5 Å². The van der Waals surface area contributed by atoms with Crippen molar-refractivity contribution in [3.63, 3.8) is 0 Å². The summed E-state index contributed by atoms with van der Waals surface area (Å²) in [5.74, 6) is -1.63. The van der Waals surface area contributed by atoms with E-state index in [9.17, 15) is 18.0 Å². The molecular weight excluding hydrogens is 311 g/mol. The van der Waals surface area contributed by atoms with E-state index in [1.54, 1.807) is 19.1 Å². The fraction of sp³-hybridized carbons (Fsp3) is 0.400. The summed E-state index contributed by atoms with van der Waals surface area (Å²) in [6, 6.07) is 4.74. The average molecular weight is 327 g/mol. The van der Waals surface area contributed by atoms with Gasteiger partial charge in [-0.2, -0.15) is 18.2 Å². The topological polar surface area (TPSA) is 68.0 Å². The minimum absolute atomic E-state index is 0.0957. The van der Waals surface area contributed by atoms with Gasteiger partial charge in [-0.15, -0.1) is 0 Å². The van der Waals surface area contributed by atoms with Gasteiger partial charge in [-0.05, 0) is 37.1 Å². The van der Waals surface area contributed by atoms with Crippen LogP contribution in [0.15, 0.2) is 22.7 Å². The maximum Gasteiger partial charge on any atom is 0.471 e. The van der Waals surface area contributed by atoms with Crippen LogP contribution in [0.1, 0.15) is 37.6 Å². The van der Waals surface area contributed by atoms with E-state index >= 15 is 0 Å². The summed E-state index contributed by atoms with van der Waals surface area (Å²) in [5, 5.41) is 6.10. The highest BCUT2D eigenvalue weighted by atomic mass is 19.4. The lowest BCUT2D eigenvalue weighted by Crippen LogP contribution is -2.11. The van der Waals surface area contributed by atoms with Gasteiger partial charge in [0.15, 0.2) is 0 Å². The molecule has 23 heavy (non-hydrogen) atoms. The van der Waals surface area contributed by atoms with Crippen molar-refractivity contribution >= 4 is 11.6 Å². The Labute approximate surface area is 130 Å². The summed E-state index contributed by atoms with van der Waals surface area (Å²) in [6.45, 7) is 3.73. The maximum atomic E-state index is 12.5. The number of nitrogens with zero attached hydrogens (tertiary/aromatic N) is 2. The minimum atomic E-state index is -4.67. The van der Waals surface area contributed by atoms with Crippen LogP contribution in [0.25, 0.3) is 11.4 Å². The number of unbranched alkanes of at least 4 members (excludes halogenated alkanes) is 1. The van der Waals surface area contributed by atoms with Crippen molar-refractivity contribution in [2.75, 3.05) is 5.32 Å². The molecule has 0 atom stereocenters. The van der Waals surface area contributed by atoms with Crippen LogP contribution in [-0.4, -0.2) is 16.0 Å². The highest BCUT2D eigenvalue weighted by Crippen LogP contribution is 2.30. The van der Waals surface area contributed by atoms with Gasteiger partial charge in [0.05, 0.1) is 0 Å². The second-order valence-electron chi connectivity index (χ2n) is 5.10. The fourth-order valence-electron chi connectivity index (χ4n) is 1.95. The predicted octanol–water partition coefficient (Wildman–Crippen LogP) is 4.19. The van der Waals surface area contributed by atoms with E-state index in [-0.39, 0.29) is 11.7 Å². The zero-order chi connectivity index (χ0) is 17.0. The molecule has 0 bridgehead atoms. The lowest BCUT2D eigenvalue weighted by atomic mass is 10.1. The summed E-state index contributed by atoms with van der Waals surface area (Å²) < 4.78 is 41.6. The number of benzene rings is 1.